The number of aryl methyl sites for hydroxylation is 1. The second kappa shape index (κ2) is 11.1. The van der Waals surface area contributed by atoms with Crippen molar-refractivity contribution >= 4 is 34.7 Å². The molecular formula is C24H32N4O2S. The molecule has 1 fully saturated rings. The van der Waals surface area contributed by atoms with Crippen LogP contribution in [0.4, 0.5) is 11.4 Å². The lowest BCUT2D eigenvalue weighted by Gasteiger charge is -2.37. The number of thiocarbonyl (C=S) groups is 1. The Bertz CT molecular complexity index is 893. The molecule has 0 amide bonds. The van der Waals surface area contributed by atoms with E-state index in [9.17, 15) is 4.79 Å². The highest BCUT2D eigenvalue weighted by Crippen LogP contribution is 2.23. The van der Waals surface area contributed by atoms with Crippen molar-refractivity contribution in [2.75, 3.05) is 56.1 Å². The standard InChI is InChI=1S/C24H32N4O2S/c1-4-30-23(29)20-8-10-21(11-9-20)26-24(31)25-12-13-27-14-16-28(17-15-27)22-7-5-6-18(2)19(22)3/h5-11H,4,12-17H2,1-3H3,(H2,25,26,31). The summed E-state index contributed by atoms with van der Waals surface area (Å²) >= 11 is 5.40. The van der Waals surface area contributed by atoms with Crippen LogP contribution < -0.4 is 15.5 Å². The van der Waals surface area contributed by atoms with Crippen molar-refractivity contribution in [2.24, 2.45) is 0 Å². The molecule has 6 nitrogen and oxygen atoms in total. The van der Waals surface area contributed by atoms with E-state index in [1.54, 1.807) is 19.1 Å². The predicted octanol–water partition coefficient (Wildman–Crippen LogP) is 3.59. The van der Waals surface area contributed by atoms with Crippen molar-refractivity contribution in [2.45, 2.75) is 20.8 Å². The molecular weight excluding hydrogens is 408 g/mol. The molecule has 0 spiro atoms. The normalized spacial score (nSPS) is 14.2. The highest BCUT2D eigenvalue weighted by Gasteiger charge is 2.18. The minimum absolute atomic E-state index is 0.313. The van der Waals surface area contributed by atoms with Crippen molar-refractivity contribution in [3.05, 3.63) is 59.2 Å². The fourth-order valence-corrected chi connectivity index (χ4v) is 3.92. The van der Waals surface area contributed by atoms with Gasteiger partial charge >= 0.3 is 5.97 Å². The van der Waals surface area contributed by atoms with Gasteiger partial charge in [0.2, 0.25) is 0 Å². The number of anilines is 2. The van der Waals surface area contributed by atoms with Crippen LogP contribution in [0.1, 0.15) is 28.4 Å². The second-order valence-electron chi connectivity index (χ2n) is 7.73. The maximum atomic E-state index is 11.7. The number of ether oxygens (including phenoxy) is 1. The molecule has 1 aliphatic heterocycles. The number of nitrogens with one attached hydrogen (secondary N) is 2. The lowest BCUT2D eigenvalue weighted by molar-refractivity contribution is 0.0526. The van der Waals surface area contributed by atoms with Gasteiger partial charge in [-0.3, -0.25) is 4.90 Å². The maximum Gasteiger partial charge on any atom is 0.338 e. The topological polar surface area (TPSA) is 56.8 Å². The first kappa shape index (κ1) is 23.0. The first-order chi connectivity index (χ1) is 15.0. The van der Waals surface area contributed by atoms with Crippen LogP contribution in [-0.2, 0) is 4.74 Å². The molecule has 0 aliphatic carbocycles. The molecule has 1 saturated heterocycles. The molecule has 2 N–H and O–H groups in total. The molecule has 0 saturated carbocycles. The fourth-order valence-electron chi connectivity index (χ4n) is 3.70. The summed E-state index contributed by atoms with van der Waals surface area (Å²) in [5.74, 6) is -0.313. The van der Waals surface area contributed by atoms with Gasteiger partial charge in [-0.2, -0.15) is 0 Å². The number of hydrogen-bond acceptors (Lipinski definition) is 5. The quantitative estimate of drug-likeness (QED) is 0.504. The highest BCUT2D eigenvalue weighted by molar-refractivity contribution is 7.80. The first-order valence-electron chi connectivity index (χ1n) is 10.8. The third-order valence-electron chi connectivity index (χ3n) is 5.66. The zero-order valence-corrected chi connectivity index (χ0v) is 19.4. The van der Waals surface area contributed by atoms with E-state index in [-0.39, 0.29) is 5.97 Å². The van der Waals surface area contributed by atoms with Gasteiger partial charge < -0.3 is 20.3 Å². The molecule has 1 heterocycles. The monoisotopic (exact) mass is 440 g/mol. The summed E-state index contributed by atoms with van der Waals surface area (Å²) in [5.41, 5.74) is 5.46. The molecule has 2 aromatic carbocycles. The maximum absolute atomic E-state index is 11.7. The summed E-state index contributed by atoms with van der Waals surface area (Å²) in [6.45, 7) is 12.5. The van der Waals surface area contributed by atoms with E-state index in [2.05, 4.69) is 52.5 Å². The zero-order valence-electron chi connectivity index (χ0n) is 18.6. The Morgan fingerprint density at radius 3 is 2.45 bits per heavy atom. The van der Waals surface area contributed by atoms with Crippen LogP contribution in [0.2, 0.25) is 0 Å². The van der Waals surface area contributed by atoms with Crippen LogP contribution in [0.15, 0.2) is 42.5 Å². The van der Waals surface area contributed by atoms with Gasteiger partial charge in [-0.05, 0) is 74.4 Å². The van der Waals surface area contributed by atoms with Gasteiger partial charge in [0, 0.05) is 50.6 Å². The van der Waals surface area contributed by atoms with E-state index in [0.29, 0.717) is 17.3 Å². The Hall–Kier alpha value is -2.64. The van der Waals surface area contributed by atoms with Crippen LogP contribution in [0.3, 0.4) is 0 Å². The Balaban J connectivity index is 1.37. The SMILES string of the molecule is CCOC(=O)c1ccc(NC(=S)NCCN2CCN(c3cccc(C)c3C)CC2)cc1. The molecule has 2 aromatic rings. The van der Waals surface area contributed by atoms with E-state index in [1.807, 2.05) is 12.1 Å². The van der Waals surface area contributed by atoms with E-state index in [1.165, 1.54) is 16.8 Å². The molecule has 3 rings (SSSR count). The summed E-state index contributed by atoms with van der Waals surface area (Å²) in [7, 11) is 0. The minimum atomic E-state index is -0.313. The molecule has 0 bridgehead atoms. The second-order valence-corrected chi connectivity index (χ2v) is 8.13. The van der Waals surface area contributed by atoms with Crippen molar-refractivity contribution < 1.29 is 9.53 Å². The Kier molecular flexibility index (Phi) is 8.26. The van der Waals surface area contributed by atoms with Gasteiger partial charge in [-0.1, -0.05) is 12.1 Å². The van der Waals surface area contributed by atoms with Crippen LogP contribution >= 0.6 is 12.2 Å². The number of piperazine rings is 1. The average molecular weight is 441 g/mol. The van der Waals surface area contributed by atoms with Gasteiger partial charge in [0.25, 0.3) is 0 Å². The Morgan fingerprint density at radius 1 is 1.06 bits per heavy atom. The number of hydrogen-bond donors (Lipinski definition) is 2. The van der Waals surface area contributed by atoms with Crippen LogP contribution in [0.5, 0.6) is 0 Å². The lowest BCUT2D eigenvalue weighted by atomic mass is 10.1. The van der Waals surface area contributed by atoms with E-state index in [4.69, 9.17) is 17.0 Å². The number of benzene rings is 2. The van der Waals surface area contributed by atoms with Gasteiger partial charge in [0.1, 0.15) is 0 Å². The summed E-state index contributed by atoms with van der Waals surface area (Å²) in [5, 5.41) is 7.01. The van der Waals surface area contributed by atoms with Crippen LogP contribution in [0.25, 0.3) is 0 Å². The number of nitrogens with zero attached hydrogens (tertiary/aromatic N) is 2. The average Bonchev–Trinajstić information content (AvgIpc) is 2.77. The number of rotatable bonds is 7. The number of esters is 1. The molecule has 0 atom stereocenters. The van der Waals surface area contributed by atoms with Gasteiger partial charge in [0.15, 0.2) is 5.11 Å². The molecule has 0 radical (unpaired) electrons. The predicted molar refractivity (Wildman–Crippen MR) is 131 cm³/mol. The molecule has 7 heteroatoms. The molecule has 1 aliphatic rings. The van der Waals surface area contributed by atoms with E-state index < -0.39 is 0 Å². The van der Waals surface area contributed by atoms with Crippen molar-refractivity contribution in [1.29, 1.82) is 0 Å². The fraction of sp³-hybridized carbons (Fsp3) is 0.417. The molecule has 31 heavy (non-hydrogen) atoms. The van der Waals surface area contributed by atoms with Crippen molar-refractivity contribution in [3.8, 4) is 0 Å². The van der Waals surface area contributed by atoms with Crippen LogP contribution in [-0.4, -0.2) is 61.9 Å². The summed E-state index contributed by atoms with van der Waals surface area (Å²) < 4.78 is 5.00. The molecule has 0 unspecified atom stereocenters. The first-order valence-corrected chi connectivity index (χ1v) is 11.2. The smallest absolute Gasteiger partial charge is 0.338 e. The third kappa shape index (κ3) is 6.42. The minimum Gasteiger partial charge on any atom is -0.462 e. The third-order valence-corrected chi connectivity index (χ3v) is 5.90. The van der Waals surface area contributed by atoms with Gasteiger partial charge in [-0.15, -0.1) is 0 Å². The number of carbonyl (C=O) groups excluding carboxylic acids is 1. The van der Waals surface area contributed by atoms with Crippen molar-refractivity contribution in [3.63, 3.8) is 0 Å². The van der Waals surface area contributed by atoms with E-state index >= 15 is 0 Å². The zero-order chi connectivity index (χ0) is 22.2. The van der Waals surface area contributed by atoms with Crippen molar-refractivity contribution in [1.82, 2.24) is 10.2 Å². The largest absolute Gasteiger partial charge is 0.462 e. The van der Waals surface area contributed by atoms with Crippen LogP contribution in [0, 0.1) is 13.8 Å². The van der Waals surface area contributed by atoms with E-state index in [0.717, 1.165) is 45.0 Å². The Morgan fingerprint density at radius 2 is 1.77 bits per heavy atom. The summed E-state index contributed by atoms with van der Waals surface area (Å²) in [4.78, 5) is 16.7. The highest BCUT2D eigenvalue weighted by atomic mass is 32.1. The Labute approximate surface area is 190 Å². The molecule has 0 aromatic heterocycles. The molecule has 166 valence electrons. The number of carbonyl (C=O) groups is 1. The lowest BCUT2D eigenvalue weighted by Crippen LogP contribution is -2.48. The summed E-state index contributed by atoms with van der Waals surface area (Å²) in [6, 6.07) is 13.7. The summed E-state index contributed by atoms with van der Waals surface area (Å²) in [6.07, 6.45) is 0. The van der Waals surface area contributed by atoms with Gasteiger partial charge in [-0.25, -0.2) is 4.79 Å². The van der Waals surface area contributed by atoms with Gasteiger partial charge in [0.05, 0.1) is 12.2 Å².